The Kier molecular flexibility index (Phi) is 5.12. The van der Waals surface area contributed by atoms with Crippen molar-refractivity contribution in [3.05, 3.63) is 29.6 Å². The van der Waals surface area contributed by atoms with Gasteiger partial charge in [0.2, 0.25) is 5.91 Å². The summed E-state index contributed by atoms with van der Waals surface area (Å²) in [6.07, 6.45) is -2.50. The standard InChI is InChI=1S/C15H18F3N3O3/c1-19-12(22)7-14(24)4-2-6-21(9-14)13(23)10-3-5-20-8-11(10)15(16,17)18/h3,5,8,24H,2,4,6-7,9H2,1H3,(H,19,22). The van der Waals surface area contributed by atoms with Gasteiger partial charge in [-0.25, -0.2) is 0 Å². The molecule has 1 aliphatic heterocycles. The Labute approximate surface area is 136 Å². The Bertz CT molecular complexity index is 636. The Hall–Kier alpha value is -2.16. The number of β-amino-alcohol motifs (C(OH)–C–C–N with tert-alkyl or cyclic N) is 1. The third-order valence-corrected chi connectivity index (χ3v) is 3.97. The van der Waals surface area contributed by atoms with Crippen molar-refractivity contribution in [1.29, 1.82) is 0 Å². The maximum absolute atomic E-state index is 13.0. The van der Waals surface area contributed by atoms with Gasteiger partial charge in [0.05, 0.1) is 29.7 Å². The van der Waals surface area contributed by atoms with Crippen molar-refractivity contribution in [1.82, 2.24) is 15.2 Å². The van der Waals surface area contributed by atoms with E-state index in [-0.39, 0.29) is 19.5 Å². The second-order valence-electron chi connectivity index (χ2n) is 5.82. The zero-order valence-electron chi connectivity index (χ0n) is 13.1. The molecule has 2 rings (SSSR count). The number of piperidine rings is 1. The Morgan fingerprint density at radius 1 is 1.46 bits per heavy atom. The average molecular weight is 345 g/mol. The molecule has 1 atom stereocenters. The lowest BCUT2D eigenvalue weighted by Crippen LogP contribution is -2.52. The Morgan fingerprint density at radius 2 is 2.17 bits per heavy atom. The number of aromatic nitrogens is 1. The van der Waals surface area contributed by atoms with Gasteiger partial charge in [-0.2, -0.15) is 13.2 Å². The van der Waals surface area contributed by atoms with Gasteiger partial charge in [-0.1, -0.05) is 0 Å². The number of carbonyl (C=O) groups excluding carboxylic acids is 2. The SMILES string of the molecule is CNC(=O)CC1(O)CCCN(C(=O)c2ccncc2C(F)(F)F)C1. The van der Waals surface area contributed by atoms with Crippen LogP contribution in [0, 0.1) is 0 Å². The highest BCUT2D eigenvalue weighted by molar-refractivity contribution is 5.96. The van der Waals surface area contributed by atoms with Gasteiger partial charge in [-0.3, -0.25) is 14.6 Å². The number of nitrogens with one attached hydrogen (secondary N) is 1. The number of amides is 2. The molecule has 24 heavy (non-hydrogen) atoms. The molecule has 1 fully saturated rings. The van der Waals surface area contributed by atoms with Crippen LogP contribution in [0.3, 0.4) is 0 Å². The second-order valence-corrected chi connectivity index (χ2v) is 5.82. The molecule has 0 radical (unpaired) electrons. The molecule has 1 unspecified atom stereocenters. The van der Waals surface area contributed by atoms with Crippen LogP contribution in [0.5, 0.6) is 0 Å². The molecule has 0 aromatic carbocycles. The number of hydrogen-bond acceptors (Lipinski definition) is 4. The van der Waals surface area contributed by atoms with E-state index < -0.39 is 34.7 Å². The van der Waals surface area contributed by atoms with Crippen molar-refractivity contribution in [2.24, 2.45) is 0 Å². The van der Waals surface area contributed by atoms with Crippen molar-refractivity contribution in [2.45, 2.75) is 31.0 Å². The number of hydrogen-bond donors (Lipinski definition) is 2. The molecule has 0 saturated carbocycles. The minimum atomic E-state index is -4.70. The van der Waals surface area contributed by atoms with Gasteiger partial charge in [-0.15, -0.1) is 0 Å². The molecule has 132 valence electrons. The average Bonchev–Trinajstić information content (AvgIpc) is 2.52. The van der Waals surface area contributed by atoms with Crippen LogP contribution in [-0.4, -0.2) is 52.5 Å². The van der Waals surface area contributed by atoms with E-state index in [0.29, 0.717) is 19.0 Å². The minimum absolute atomic E-state index is 0.196. The summed E-state index contributed by atoms with van der Waals surface area (Å²) < 4.78 is 39.1. The maximum Gasteiger partial charge on any atom is 0.418 e. The predicted octanol–water partition coefficient (Wildman–Crippen LogP) is 1.20. The molecule has 0 bridgehead atoms. The highest BCUT2D eigenvalue weighted by atomic mass is 19.4. The van der Waals surface area contributed by atoms with Gasteiger partial charge in [0.15, 0.2) is 0 Å². The molecular weight excluding hydrogens is 327 g/mol. The summed E-state index contributed by atoms with van der Waals surface area (Å²) in [5.41, 5.74) is -3.07. The van der Waals surface area contributed by atoms with Crippen molar-refractivity contribution >= 4 is 11.8 Å². The lowest BCUT2D eigenvalue weighted by molar-refractivity contribution is -0.138. The summed E-state index contributed by atoms with van der Waals surface area (Å²) in [5, 5.41) is 12.9. The lowest BCUT2D eigenvalue weighted by Gasteiger charge is -2.39. The molecule has 1 saturated heterocycles. The van der Waals surface area contributed by atoms with Gasteiger partial charge in [0.1, 0.15) is 0 Å². The third-order valence-electron chi connectivity index (χ3n) is 3.97. The lowest BCUT2D eigenvalue weighted by atomic mass is 9.88. The van der Waals surface area contributed by atoms with Gasteiger partial charge >= 0.3 is 6.18 Å². The molecule has 9 heteroatoms. The summed E-state index contributed by atoms with van der Waals surface area (Å²) in [7, 11) is 1.42. The van der Waals surface area contributed by atoms with Gasteiger partial charge in [0.25, 0.3) is 5.91 Å². The molecule has 1 aromatic heterocycles. The van der Waals surface area contributed by atoms with E-state index in [2.05, 4.69) is 10.3 Å². The normalized spacial score (nSPS) is 21.5. The van der Waals surface area contributed by atoms with Crippen LogP contribution in [0.2, 0.25) is 0 Å². The Morgan fingerprint density at radius 3 is 2.79 bits per heavy atom. The minimum Gasteiger partial charge on any atom is -0.388 e. The van der Waals surface area contributed by atoms with Crippen LogP contribution in [0.25, 0.3) is 0 Å². The summed E-state index contributed by atoms with van der Waals surface area (Å²) >= 11 is 0. The molecule has 2 N–H and O–H groups in total. The van der Waals surface area contributed by atoms with Crippen LogP contribution >= 0.6 is 0 Å². The van der Waals surface area contributed by atoms with Crippen LogP contribution in [0.4, 0.5) is 13.2 Å². The second kappa shape index (κ2) is 6.76. The van der Waals surface area contributed by atoms with E-state index in [1.54, 1.807) is 0 Å². The van der Waals surface area contributed by atoms with E-state index in [9.17, 15) is 27.9 Å². The highest BCUT2D eigenvalue weighted by Crippen LogP contribution is 2.33. The van der Waals surface area contributed by atoms with Crippen molar-refractivity contribution in [3.63, 3.8) is 0 Å². The van der Waals surface area contributed by atoms with E-state index in [4.69, 9.17) is 0 Å². The number of halogens is 3. The largest absolute Gasteiger partial charge is 0.418 e. The van der Waals surface area contributed by atoms with Gasteiger partial charge in [0, 0.05) is 26.0 Å². The number of aliphatic hydroxyl groups is 1. The number of rotatable bonds is 3. The van der Waals surface area contributed by atoms with Crippen LogP contribution in [-0.2, 0) is 11.0 Å². The molecule has 2 amide bonds. The summed E-state index contributed by atoms with van der Waals surface area (Å²) in [4.78, 5) is 28.6. The van der Waals surface area contributed by atoms with Crippen LogP contribution < -0.4 is 5.32 Å². The number of nitrogens with zero attached hydrogens (tertiary/aromatic N) is 2. The summed E-state index contributed by atoms with van der Waals surface area (Å²) in [5.74, 6) is -1.23. The van der Waals surface area contributed by atoms with Gasteiger partial charge < -0.3 is 15.3 Å². The number of pyridine rings is 1. The van der Waals surface area contributed by atoms with Gasteiger partial charge in [-0.05, 0) is 18.9 Å². The Balaban J connectivity index is 2.23. The fourth-order valence-electron chi connectivity index (χ4n) is 2.79. The van der Waals surface area contributed by atoms with E-state index >= 15 is 0 Å². The molecule has 0 spiro atoms. The first kappa shape index (κ1) is 18.2. The zero-order chi connectivity index (χ0) is 18.0. The number of alkyl halides is 3. The number of likely N-dealkylation sites (tertiary alicyclic amines) is 1. The van der Waals surface area contributed by atoms with E-state index in [1.807, 2.05) is 0 Å². The van der Waals surface area contributed by atoms with Crippen LogP contribution in [0.15, 0.2) is 18.5 Å². The molecule has 0 aliphatic carbocycles. The monoisotopic (exact) mass is 345 g/mol. The maximum atomic E-state index is 13.0. The molecular formula is C15H18F3N3O3. The first-order valence-electron chi connectivity index (χ1n) is 7.40. The van der Waals surface area contributed by atoms with E-state index in [0.717, 1.165) is 17.2 Å². The van der Waals surface area contributed by atoms with Crippen molar-refractivity contribution in [2.75, 3.05) is 20.1 Å². The summed E-state index contributed by atoms with van der Waals surface area (Å²) in [6, 6.07) is 1.01. The fourth-order valence-corrected chi connectivity index (χ4v) is 2.79. The van der Waals surface area contributed by atoms with Crippen LogP contribution in [0.1, 0.15) is 35.2 Å². The zero-order valence-corrected chi connectivity index (χ0v) is 13.1. The highest BCUT2D eigenvalue weighted by Gasteiger charge is 2.40. The fraction of sp³-hybridized carbons (Fsp3) is 0.533. The molecule has 6 nitrogen and oxygen atoms in total. The predicted molar refractivity (Wildman–Crippen MR) is 78.0 cm³/mol. The third kappa shape index (κ3) is 4.02. The molecule has 2 heterocycles. The molecule has 1 aliphatic rings. The first-order valence-corrected chi connectivity index (χ1v) is 7.40. The summed E-state index contributed by atoms with van der Waals surface area (Å²) in [6.45, 7) is 0.0212. The number of carbonyl (C=O) groups is 2. The van der Waals surface area contributed by atoms with Crippen molar-refractivity contribution in [3.8, 4) is 0 Å². The topological polar surface area (TPSA) is 82.5 Å². The van der Waals surface area contributed by atoms with Crippen molar-refractivity contribution < 1.29 is 27.9 Å². The van der Waals surface area contributed by atoms with E-state index in [1.165, 1.54) is 7.05 Å². The first-order chi connectivity index (χ1) is 11.2. The quantitative estimate of drug-likeness (QED) is 0.863. The smallest absolute Gasteiger partial charge is 0.388 e. The molecule has 1 aromatic rings.